The fourth-order valence-corrected chi connectivity index (χ4v) is 4.58. The SMILES string of the molecule is CCSc1nc2n(n1)C(c1ccc(OC)cc1OC)C(C(=O)Nc1cccc(C)c1C)=C(C)N2. The second-order valence-corrected chi connectivity index (χ2v) is 9.20. The van der Waals surface area contributed by atoms with Gasteiger partial charge in [-0.15, -0.1) is 5.10 Å². The van der Waals surface area contributed by atoms with Crippen molar-refractivity contribution in [1.82, 2.24) is 14.8 Å². The number of ether oxygens (including phenoxy) is 2. The Morgan fingerprint density at radius 1 is 1.18 bits per heavy atom. The first kappa shape index (κ1) is 23.7. The maximum absolute atomic E-state index is 13.7. The summed E-state index contributed by atoms with van der Waals surface area (Å²) in [6.07, 6.45) is 0. The molecule has 0 radical (unpaired) electrons. The Morgan fingerprint density at radius 2 is 1.97 bits per heavy atom. The number of allylic oxidation sites excluding steroid dienone is 1. The van der Waals surface area contributed by atoms with Crippen LogP contribution in [0.4, 0.5) is 11.6 Å². The predicted molar refractivity (Wildman–Crippen MR) is 135 cm³/mol. The third kappa shape index (κ3) is 4.35. The van der Waals surface area contributed by atoms with E-state index in [4.69, 9.17) is 14.6 Å². The Labute approximate surface area is 203 Å². The van der Waals surface area contributed by atoms with Gasteiger partial charge in [0.1, 0.15) is 17.5 Å². The minimum absolute atomic E-state index is 0.215. The van der Waals surface area contributed by atoms with Gasteiger partial charge in [0.05, 0.1) is 19.8 Å². The first-order valence-corrected chi connectivity index (χ1v) is 12.0. The molecule has 1 aromatic heterocycles. The minimum atomic E-state index is -0.541. The Hall–Kier alpha value is -3.46. The van der Waals surface area contributed by atoms with Gasteiger partial charge in [-0.3, -0.25) is 4.79 Å². The van der Waals surface area contributed by atoms with Gasteiger partial charge in [-0.25, -0.2) is 4.68 Å². The number of nitrogens with one attached hydrogen (secondary N) is 2. The number of anilines is 2. The fraction of sp³-hybridized carbons (Fsp3) is 0.320. The molecule has 0 spiro atoms. The normalized spacial score (nSPS) is 14.9. The lowest BCUT2D eigenvalue weighted by atomic mass is 9.94. The zero-order valence-electron chi connectivity index (χ0n) is 20.2. The number of thioether (sulfide) groups is 1. The van der Waals surface area contributed by atoms with Gasteiger partial charge < -0.3 is 20.1 Å². The summed E-state index contributed by atoms with van der Waals surface area (Å²) < 4.78 is 12.8. The molecule has 0 fully saturated rings. The number of nitrogens with zero attached hydrogens (tertiary/aromatic N) is 3. The van der Waals surface area contributed by atoms with Gasteiger partial charge in [-0.2, -0.15) is 4.98 Å². The standard InChI is InChI=1S/C25H29N5O3S/c1-7-34-25-28-24-26-16(4)21(23(31)27-19-10-8-9-14(2)15(19)3)22(30(24)29-25)18-12-11-17(32-5)13-20(18)33-6/h8-13,22H,7H2,1-6H3,(H,27,31)(H,26,28,29). The number of benzene rings is 2. The first-order valence-electron chi connectivity index (χ1n) is 11.0. The number of rotatable bonds is 7. The highest BCUT2D eigenvalue weighted by atomic mass is 32.2. The van der Waals surface area contributed by atoms with Crippen LogP contribution < -0.4 is 20.1 Å². The van der Waals surface area contributed by atoms with Crippen molar-refractivity contribution >= 4 is 29.3 Å². The Balaban J connectivity index is 1.84. The van der Waals surface area contributed by atoms with Crippen molar-refractivity contribution in [2.75, 3.05) is 30.6 Å². The Bertz CT molecular complexity index is 1270. The summed E-state index contributed by atoms with van der Waals surface area (Å²) in [4.78, 5) is 18.4. The van der Waals surface area contributed by atoms with Crippen molar-refractivity contribution in [3.8, 4) is 11.5 Å². The molecule has 3 aromatic rings. The van der Waals surface area contributed by atoms with Crippen molar-refractivity contribution in [3.05, 3.63) is 64.4 Å². The smallest absolute Gasteiger partial charge is 0.255 e. The van der Waals surface area contributed by atoms with Crippen LogP contribution >= 0.6 is 11.8 Å². The van der Waals surface area contributed by atoms with Gasteiger partial charge >= 0.3 is 0 Å². The van der Waals surface area contributed by atoms with Crippen molar-refractivity contribution in [1.29, 1.82) is 0 Å². The number of methoxy groups -OCH3 is 2. The van der Waals surface area contributed by atoms with Crippen LogP contribution in [0.15, 0.2) is 52.8 Å². The largest absolute Gasteiger partial charge is 0.497 e. The highest BCUT2D eigenvalue weighted by Gasteiger charge is 2.36. The molecule has 0 saturated heterocycles. The summed E-state index contributed by atoms with van der Waals surface area (Å²) in [6, 6.07) is 10.9. The molecule has 0 aliphatic carbocycles. The van der Waals surface area contributed by atoms with E-state index in [1.54, 1.807) is 30.7 Å². The van der Waals surface area contributed by atoms with Crippen LogP contribution in [-0.4, -0.2) is 40.6 Å². The topological polar surface area (TPSA) is 90.3 Å². The molecule has 8 nitrogen and oxygen atoms in total. The molecule has 1 amide bonds. The molecule has 2 N–H and O–H groups in total. The van der Waals surface area contributed by atoms with E-state index in [-0.39, 0.29) is 5.91 Å². The van der Waals surface area contributed by atoms with Crippen LogP contribution in [0.2, 0.25) is 0 Å². The maximum atomic E-state index is 13.7. The monoisotopic (exact) mass is 479 g/mol. The van der Waals surface area contributed by atoms with Crippen molar-refractivity contribution in [2.45, 2.75) is 38.9 Å². The van der Waals surface area contributed by atoms with Crippen LogP contribution in [0.5, 0.6) is 11.5 Å². The van der Waals surface area contributed by atoms with Crippen LogP contribution in [0.1, 0.15) is 36.6 Å². The first-order chi connectivity index (χ1) is 16.4. The molecular formula is C25H29N5O3S. The molecule has 1 atom stereocenters. The van der Waals surface area contributed by atoms with E-state index in [2.05, 4.69) is 22.5 Å². The van der Waals surface area contributed by atoms with Gasteiger partial charge in [0.25, 0.3) is 5.91 Å². The van der Waals surface area contributed by atoms with Crippen LogP contribution in [0.3, 0.4) is 0 Å². The predicted octanol–water partition coefficient (Wildman–Crippen LogP) is 4.95. The zero-order valence-corrected chi connectivity index (χ0v) is 21.0. The third-order valence-electron chi connectivity index (χ3n) is 5.94. The molecule has 1 unspecified atom stereocenters. The lowest BCUT2D eigenvalue weighted by Crippen LogP contribution is -2.32. The van der Waals surface area contributed by atoms with Crippen molar-refractivity contribution in [3.63, 3.8) is 0 Å². The van der Waals surface area contributed by atoms with Gasteiger partial charge in [0.15, 0.2) is 0 Å². The lowest BCUT2D eigenvalue weighted by Gasteiger charge is -2.29. The highest BCUT2D eigenvalue weighted by Crippen LogP contribution is 2.41. The molecule has 9 heteroatoms. The summed E-state index contributed by atoms with van der Waals surface area (Å²) in [6.45, 7) is 7.96. The molecular weight excluding hydrogens is 450 g/mol. The van der Waals surface area contributed by atoms with Crippen LogP contribution in [-0.2, 0) is 4.79 Å². The van der Waals surface area contributed by atoms with Gasteiger partial charge in [0, 0.05) is 23.0 Å². The fourth-order valence-electron chi connectivity index (χ4n) is 4.02. The van der Waals surface area contributed by atoms with E-state index in [9.17, 15) is 4.79 Å². The van der Waals surface area contributed by atoms with Gasteiger partial charge in [-0.05, 0) is 55.9 Å². The van der Waals surface area contributed by atoms with E-state index in [0.717, 1.165) is 28.1 Å². The number of carbonyl (C=O) groups is 1. The van der Waals surface area contributed by atoms with E-state index >= 15 is 0 Å². The summed E-state index contributed by atoms with van der Waals surface area (Å²) in [7, 11) is 3.21. The Kier molecular flexibility index (Phi) is 6.83. The second kappa shape index (κ2) is 9.80. The molecule has 1 aliphatic rings. The van der Waals surface area contributed by atoms with Crippen molar-refractivity contribution < 1.29 is 14.3 Å². The van der Waals surface area contributed by atoms with E-state index in [1.165, 1.54) is 0 Å². The number of hydrogen-bond donors (Lipinski definition) is 2. The lowest BCUT2D eigenvalue weighted by molar-refractivity contribution is -0.113. The summed E-state index contributed by atoms with van der Waals surface area (Å²) in [5.74, 6) is 2.47. The van der Waals surface area contributed by atoms with Gasteiger partial charge in [0.2, 0.25) is 11.1 Å². The van der Waals surface area contributed by atoms with Crippen LogP contribution in [0.25, 0.3) is 0 Å². The maximum Gasteiger partial charge on any atom is 0.255 e. The van der Waals surface area contributed by atoms with Crippen LogP contribution in [0, 0.1) is 13.8 Å². The number of carbonyl (C=O) groups excluding carboxylic acids is 1. The number of aryl methyl sites for hydroxylation is 1. The minimum Gasteiger partial charge on any atom is -0.497 e. The molecule has 0 saturated carbocycles. The number of fused-ring (bicyclic) bond motifs is 1. The second-order valence-electron chi connectivity index (χ2n) is 7.97. The molecule has 0 bridgehead atoms. The average Bonchev–Trinajstić information content (AvgIpc) is 3.22. The van der Waals surface area contributed by atoms with E-state index in [1.807, 2.05) is 57.2 Å². The highest BCUT2D eigenvalue weighted by molar-refractivity contribution is 7.99. The third-order valence-corrected chi connectivity index (χ3v) is 6.66. The van der Waals surface area contributed by atoms with Crippen molar-refractivity contribution in [2.24, 2.45) is 0 Å². The Morgan fingerprint density at radius 3 is 2.68 bits per heavy atom. The zero-order chi connectivity index (χ0) is 24.4. The molecule has 2 aromatic carbocycles. The average molecular weight is 480 g/mol. The number of amides is 1. The molecule has 34 heavy (non-hydrogen) atoms. The quantitative estimate of drug-likeness (QED) is 0.463. The summed E-state index contributed by atoms with van der Waals surface area (Å²) in [5.41, 5.74) is 4.94. The number of aromatic nitrogens is 3. The molecule has 4 rings (SSSR count). The van der Waals surface area contributed by atoms with E-state index < -0.39 is 6.04 Å². The summed E-state index contributed by atoms with van der Waals surface area (Å²) >= 11 is 1.55. The van der Waals surface area contributed by atoms with E-state index in [0.29, 0.717) is 33.9 Å². The molecule has 2 heterocycles. The number of hydrogen-bond acceptors (Lipinski definition) is 7. The molecule has 1 aliphatic heterocycles. The molecule has 178 valence electrons. The van der Waals surface area contributed by atoms with Gasteiger partial charge in [-0.1, -0.05) is 30.8 Å². The summed E-state index contributed by atoms with van der Waals surface area (Å²) in [5, 5.41) is 11.7.